The Balaban J connectivity index is 2.53. The first kappa shape index (κ1) is 10.0. The van der Waals surface area contributed by atoms with E-state index in [4.69, 9.17) is 0 Å². The molecule has 1 atom stereocenters. The van der Waals surface area contributed by atoms with E-state index in [1.165, 1.54) is 0 Å². The third kappa shape index (κ3) is 1.70. The van der Waals surface area contributed by atoms with E-state index in [0.717, 1.165) is 10.8 Å². The molecule has 2 heterocycles. The number of hydrogen-bond acceptors (Lipinski definition) is 4. The Kier molecular flexibility index (Phi) is 2.39. The largest absolute Gasteiger partial charge is 0.464 e. The van der Waals surface area contributed by atoms with Crippen molar-refractivity contribution in [2.75, 3.05) is 6.61 Å². The van der Waals surface area contributed by atoms with Gasteiger partial charge in [-0.3, -0.25) is 9.55 Å². The van der Waals surface area contributed by atoms with E-state index in [0.29, 0.717) is 6.42 Å². The van der Waals surface area contributed by atoms with E-state index in [-0.39, 0.29) is 11.2 Å². The van der Waals surface area contributed by atoms with Crippen LogP contribution in [0.4, 0.5) is 4.39 Å². The summed E-state index contributed by atoms with van der Waals surface area (Å²) in [6.45, 7) is 0.243. The number of ether oxygens (including phenoxy) is 1. The molecule has 0 aliphatic carbocycles. The maximum Gasteiger partial charge on any atom is 0.329 e. The Morgan fingerprint density at radius 3 is 2.93 bits per heavy atom. The molecule has 80 valence electrons. The van der Waals surface area contributed by atoms with Gasteiger partial charge in [0.25, 0.3) is 0 Å². The van der Waals surface area contributed by atoms with Crippen LogP contribution < -0.4 is 5.69 Å². The van der Waals surface area contributed by atoms with Crippen molar-refractivity contribution in [3.8, 4) is 0 Å². The lowest BCUT2D eigenvalue weighted by atomic mass is 10.2. The van der Waals surface area contributed by atoms with Crippen molar-refractivity contribution in [1.29, 1.82) is 0 Å². The predicted octanol–water partition coefficient (Wildman–Crippen LogP) is 0.533. The number of cyclic esters (lactones) is 1. The molecule has 1 N–H and O–H groups in total. The van der Waals surface area contributed by atoms with Crippen LogP contribution in [0.1, 0.15) is 12.5 Å². The van der Waals surface area contributed by atoms with Crippen molar-refractivity contribution in [3.05, 3.63) is 27.1 Å². The Morgan fingerprint density at radius 2 is 2.33 bits per heavy atom. The molecule has 2 rings (SSSR count). The second-order valence-corrected chi connectivity index (χ2v) is 3.52. The molecule has 1 saturated heterocycles. The number of halogens is 1. The molecule has 5 nitrogen and oxygen atoms in total. The lowest BCUT2D eigenvalue weighted by Gasteiger charge is -2.08. The zero-order valence-corrected chi connectivity index (χ0v) is 8.34. The molecule has 1 fully saturated rings. The summed E-state index contributed by atoms with van der Waals surface area (Å²) in [5.41, 5.74) is -0.606. The Labute approximate surface area is 88.5 Å². The molecule has 0 amide bonds. The quantitative estimate of drug-likeness (QED) is 0.564. The lowest BCUT2D eigenvalue weighted by Crippen LogP contribution is -2.29. The molecule has 1 aliphatic heterocycles. The predicted molar refractivity (Wildman–Crippen MR) is 50.5 cm³/mol. The van der Waals surface area contributed by atoms with Crippen LogP contribution in [0.5, 0.6) is 0 Å². The number of H-pyrrole nitrogens is 1. The molecular weight excluding hydrogens is 223 g/mol. The van der Waals surface area contributed by atoms with E-state index in [9.17, 15) is 14.0 Å². The second kappa shape index (κ2) is 3.58. The van der Waals surface area contributed by atoms with Gasteiger partial charge in [-0.1, -0.05) is 12.2 Å². The third-order valence-corrected chi connectivity index (χ3v) is 2.46. The minimum absolute atomic E-state index is 0.243. The van der Waals surface area contributed by atoms with Crippen molar-refractivity contribution >= 4 is 18.2 Å². The standard InChI is InChI=1S/C8H7FN2O3S/c9-4-3-11(8(13)10-6(4)15)5-1-2-14-7(5)12/h3,5H,1-2H2,(H,10,13,15). The monoisotopic (exact) mass is 230 g/mol. The van der Waals surface area contributed by atoms with Crippen LogP contribution in [0.25, 0.3) is 0 Å². The molecule has 1 aromatic heterocycles. The maximum absolute atomic E-state index is 13.1. The van der Waals surface area contributed by atoms with Gasteiger partial charge >= 0.3 is 11.7 Å². The van der Waals surface area contributed by atoms with E-state index < -0.39 is 23.5 Å². The SMILES string of the molecule is O=C1OCCC1n1cc(F)c(=S)[nH]c1=O. The van der Waals surface area contributed by atoms with Gasteiger partial charge in [-0.2, -0.15) is 0 Å². The average Bonchev–Trinajstić information content (AvgIpc) is 2.58. The number of rotatable bonds is 1. The highest BCUT2D eigenvalue weighted by atomic mass is 32.1. The van der Waals surface area contributed by atoms with Gasteiger partial charge < -0.3 is 4.74 Å². The minimum Gasteiger partial charge on any atom is -0.464 e. The van der Waals surface area contributed by atoms with Gasteiger partial charge in [-0.25, -0.2) is 14.0 Å². The first-order valence-electron chi connectivity index (χ1n) is 4.27. The fraction of sp³-hybridized carbons (Fsp3) is 0.375. The van der Waals surface area contributed by atoms with Crippen LogP contribution >= 0.6 is 12.2 Å². The molecule has 0 bridgehead atoms. The van der Waals surface area contributed by atoms with E-state index >= 15 is 0 Å². The fourth-order valence-corrected chi connectivity index (χ4v) is 1.57. The first-order chi connectivity index (χ1) is 7.09. The van der Waals surface area contributed by atoms with Crippen LogP contribution in [-0.2, 0) is 9.53 Å². The zero-order chi connectivity index (χ0) is 11.0. The van der Waals surface area contributed by atoms with Crippen LogP contribution in [0.2, 0.25) is 0 Å². The van der Waals surface area contributed by atoms with E-state index in [1.807, 2.05) is 0 Å². The number of esters is 1. The summed E-state index contributed by atoms with van der Waals surface area (Å²) in [4.78, 5) is 24.7. The summed E-state index contributed by atoms with van der Waals surface area (Å²) in [5.74, 6) is -1.26. The topological polar surface area (TPSA) is 64.1 Å². The number of aromatic nitrogens is 2. The summed E-state index contributed by atoms with van der Waals surface area (Å²) in [7, 11) is 0. The maximum atomic E-state index is 13.1. The molecule has 1 aliphatic rings. The summed E-state index contributed by atoms with van der Waals surface area (Å²) < 4.78 is 18.5. The number of aromatic amines is 1. The third-order valence-electron chi connectivity index (χ3n) is 2.17. The molecule has 0 radical (unpaired) electrons. The second-order valence-electron chi connectivity index (χ2n) is 3.12. The highest BCUT2D eigenvalue weighted by molar-refractivity contribution is 7.71. The van der Waals surface area contributed by atoms with Crippen LogP contribution in [0.15, 0.2) is 11.0 Å². The number of carbonyl (C=O) groups excluding carboxylic acids is 1. The van der Waals surface area contributed by atoms with Gasteiger partial charge in [-0.15, -0.1) is 0 Å². The van der Waals surface area contributed by atoms with E-state index in [1.54, 1.807) is 0 Å². The summed E-state index contributed by atoms with van der Waals surface area (Å²) in [5, 5.41) is 0. The zero-order valence-electron chi connectivity index (χ0n) is 7.53. The van der Waals surface area contributed by atoms with Gasteiger partial charge in [0.15, 0.2) is 5.82 Å². The van der Waals surface area contributed by atoms with Crippen molar-refractivity contribution < 1.29 is 13.9 Å². The number of hydrogen-bond donors (Lipinski definition) is 1. The Bertz CT molecular complexity index is 521. The van der Waals surface area contributed by atoms with Crippen LogP contribution in [0.3, 0.4) is 0 Å². The molecule has 1 unspecified atom stereocenters. The lowest BCUT2D eigenvalue weighted by molar-refractivity contribution is -0.140. The van der Waals surface area contributed by atoms with Gasteiger partial charge in [0.05, 0.1) is 6.61 Å². The van der Waals surface area contributed by atoms with Gasteiger partial charge in [-0.05, 0) is 0 Å². The highest BCUT2D eigenvalue weighted by Crippen LogP contribution is 2.18. The molecule has 15 heavy (non-hydrogen) atoms. The smallest absolute Gasteiger partial charge is 0.329 e. The van der Waals surface area contributed by atoms with Gasteiger partial charge in [0, 0.05) is 12.6 Å². The highest BCUT2D eigenvalue weighted by Gasteiger charge is 2.29. The number of nitrogens with zero attached hydrogens (tertiary/aromatic N) is 1. The average molecular weight is 230 g/mol. The van der Waals surface area contributed by atoms with Gasteiger partial charge in [0.1, 0.15) is 10.7 Å². The molecule has 0 spiro atoms. The summed E-state index contributed by atoms with van der Waals surface area (Å²) in [6, 6.07) is -0.751. The first-order valence-corrected chi connectivity index (χ1v) is 4.68. The molecular formula is C8H7FN2O3S. The number of carbonyl (C=O) groups is 1. The molecule has 0 saturated carbocycles. The van der Waals surface area contributed by atoms with Crippen LogP contribution in [-0.4, -0.2) is 22.1 Å². The Hall–Kier alpha value is -1.50. The van der Waals surface area contributed by atoms with Crippen molar-refractivity contribution in [2.24, 2.45) is 0 Å². The fourth-order valence-electron chi connectivity index (χ4n) is 1.43. The van der Waals surface area contributed by atoms with Gasteiger partial charge in [0.2, 0.25) is 0 Å². The summed E-state index contributed by atoms with van der Waals surface area (Å²) >= 11 is 4.54. The van der Waals surface area contributed by atoms with Crippen molar-refractivity contribution in [1.82, 2.24) is 9.55 Å². The number of nitrogens with one attached hydrogen (secondary N) is 1. The summed E-state index contributed by atoms with van der Waals surface area (Å²) in [6.07, 6.45) is 1.29. The van der Waals surface area contributed by atoms with Crippen LogP contribution in [0, 0.1) is 10.5 Å². The molecule has 0 aromatic carbocycles. The van der Waals surface area contributed by atoms with E-state index in [2.05, 4.69) is 21.9 Å². The Morgan fingerprint density at radius 1 is 1.60 bits per heavy atom. The molecule has 7 heteroatoms. The van der Waals surface area contributed by atoms with Crippen molar-refractivity contribution in [3.63, 3.8) is 0 Å². The molecule has 1 aromatic rings. The minimum atomic E-state index is -0.751. The normalized spacial score (nSPS) is 20.3. The van der Waals surface area contributed by atoms with Crippen molar-refractivity contribution in [2.45, 2.75) is 12.5 Å².